The second-order valence-corrected chi connectivity index (χ2v) is 1.40. The van der Waals surface area contributed by atoms with Gasteiger partial charge >= 0.3 is 0 Å². The molecule has 0 aliphatic carbocycles. The largest absolute Gasteiger partial charge is 0.550 e. The van der Waals surface area contributed by atoms with Gasteiger partial charge in [-0.05, 0) is 0 Å². The van der Waals surface area contributed by atoms with Crippen molar-refractivity contribution >= 4 is 28.6 Å². The maximum Gasteiger partial charge on any atom is 0.168 e. The quantitative estimate of drug-likeness (QED) is 0.311. The van der Waals surface area contributed by atoms with Crippen LogP contribution in [0.3, 0.4) is 0 Å². The normalized spacial score (nSPS) is 8.25. The monoisotopic (exact) mass is 300 g/mol. The molecule has 0 aliphatic heterocycles. The summed E-state index contributed by atoms with van der Waals surface area (Å²) in [6.07, 6.45) is 1.22. The first-order valence-corrected chi connectivity index (χ1v) is 2.66. The van der Waals surface area contributed by atoms with Gasteiger partial charge in [0.05, 0.1) is 7.11 Å². The Balaban J connectivity index is 0. The van der Waals surface area contributed by atoms with Crippen molar-refractivity contribution < 1.29 is 42.2 Å². The van der Waals surface area contributed by atoms with Gasteiger partial charge < -0.3 is 9.53 Å². The van der Waals surface area contributed by atoms with Crippen LogP contribution in [-0.2, 0) is 42.2 Å². The Labute approximate surface area is 87.1 Å². The molecular weight excluding hydrogens is 296 g/mol. The predicted octanol–water partition coefficient (Wildman–Crippen LogP) is 0.909. The van der Waals surface area contributed by atoms with Crippen LogP contribution in [0, 0.1) is 4.08 Å². The zero-order valence-electron chi connectivity index (χ0n) is 4.35. The molecule has 0 bridgehead atoms. The molecule has 0 heterocycles. The zero-order chi connectivity index (χ0) is 5.70. The van der Waals surface area contributed by atoms with Gasteiger partial charge in [-0.1, -0.05) is 0 Å². The Kier molecular flexibility index (Phi) is 11.9. The predicted molar refractivity (Wildman–Crippen MR) is 33.8 cm³/mol. The van der Waals surface area contributed by atoms with Crippen LogP contribution in [-0.4, -0.2) is 13.1 Å². The van der Waals surface area contributed by atoms with E-state index in [0.29, 0.717) is 0 Å². The van der Waals surface area contributed by atoms with E-state index in [4.69, 9.17) is 0 Å². The van der Waals surface area contributed by atoms with Crippen LogP contribution in [0.25, 0.3) is 0 Å². The molecule has 0 saturated heterocycles. The number of carbonyl (C=O) groups is 1. The summed E-state index contributed by atoms with van der Waals surface area (Å²) >= 11 is 1.82. The van der Waals surface area contributed by atoms with Gasteiger partial charge in [-0.2, -0.15) is 26.7 Å². The first kappa shape index (κ1) is 11.8. The van der Waals surface area contributed by atoms with E-state index in [1.54, 1.807) is 0 Å². The van der Waals surface area contributed by atoms with Gasteiger partial charge in [0.15, 0.2) is 5.97 Å². The van der Waals surface area contributed by atoms with Crippen molar-refractivity contribution in [3.8, 4) is 0 Å². The number of esters is 1. The molecule has 4 heteroatoms. The van der Waals surface area contributed by atoms with Crippen molar-refractivity contribution in [1.82, 2.24) is 0 Å². The summed E-state index contributed by atoms with van der Waals surface area (Å²) in [7, 11) is 1.33. The molecule has 0 saturated carbocycles. The van der Waals surface area contributed by atoms with E-state index in [1.807, 2.05) is 22.6 Å². The van der Waals surface area contributed by atoms with E-state index in [1.165, 1.54) is 13.2 Å². The average molecular weight is 300 g/mol. The minimum Gasteiger partial charge on any atom is -0.550 e. The van der Waals surface area contributed by atoms with Crippen LogP contribution in [0.2, 0.25) is 0 Å². The molecule has 8 heavy (non-hydrogen) atoms. The summed E-state index contributed by atoms with van der Waals surface area (Å²) in [6.45, 7) is 0. The van der Waals surface area contributed by atoms with Crippen LogP contribution < -0.4 is 0 Å². The third-order valence-electron chi connectivity index (χ3n) is 0.374. The molecule has 0 spiro atoms. The van der Waals surface area contributed by atoms with Crippen molar-refractivity contribution in [1.29, 1.82) is 0 Å². The number of ether oxygens (including phenoxy) is 1. The molecule has 43 valence electrons. The molecule has 0 fully saturated rings. The zero-order valence-corrected chi connectivity index (χ0v) is 9.34. The minimum atomic E-state index is -0.366. The fraction of sp³-hybridized carbons (Fsp3) is 0.250. The van der Waals surface area contributed by atoms with Crippen molar-refractivity contribution in [3.63, 3.8) is 0 Å². The molecule has 1 radical (unpaired) electrons. The van der Waals surface area contributed by atoms with Gasteiger partial charge in [0.1, 0.15) is 0 Å². The van der Waals surface area contributed by atoms with Gasteiger partial charge in [-0.25, -0.2) is 0 Å². The molecule has 0 unspecified atom stereocenters. The van der Waals surface area contributed by atoms with Crippen LogP contribution in [0.5, 0.6) is 0 Å². The summed E-state index contributed by atoms with van der Waals surface area (Å²) in [5.74, 6) is -0.366. The van der Waals surface area contributed by atoms with Crippen molar-refractivity contribution in [3.05, 3.63) is 10.2 Å². The summed E-state index contributed by atoms with van der Waals surface area (Å²) < 4.78 is 6.72. The molecule has 0 aromatic heterocycles. The van der Waals surface area contributed by atoms with Crippen LogP contribution in [0.15, 0.2) is 6.08 Å². The third kappa shape index (κ3) is 7.04. The summed E-state index contributed by atoms with van der Waals surface area (Å²) in [5, 5.41) is 0. The van der Waals surface area contributed by atoms with E-state index in [0.717, 1.165) is 0 Å². The SMILES string of the molecule is COC(=O)C=[C-]I.[Y]. The third-order valence-corrected chi connectivity index (χ3v) is 0.685. The van der Waals surface area contributed by atoms with Gasteiger partial charge in [0.2, 0.25) is 0 Å². The topological polar surface area (TPSA) is 26.3 Å². The summed E-state index contributed by atoms with van der Waals surface area (Å²) in [4.78, 5) is 10.1. The van der Waals surface area contributed by atoms with Gasteiger partial charge in [-0.15, -0.1) is 6.08 Å². The van der Waals surface area contributed by atoms with E-state index < -0.39 is 0 Å². The van der Waals surface area contributed by atoms with E-state index in [2.05, 4.69) is 8.82 Å². The first-order valence-electron chi connectivity index (χ1n) is 1.58. The number of methoxy groups -OCH3 is 1. The number of carbonyl (C=O) groups excluding carboxylic acids is 1. The van der Waals surface area contributed by atoms with Crippen LogP contribution in [0.1, 0.15) is 0 Å². The molecule has 0 N–H and O–H groups in total. The maximum absolute atomic E-state index is 10.1. The van der Waals surface area contributed by atoms with E-state index in [9.17, 15) is 4.79 Å². The number of hydrogen-bond donors (Lipinski definition) is 0. The Morgan fingerprint density at radius 1 is 1.88 bits per heavy atom. The Morgan fingerprint density at radius 2 is 2.38 bits per heavy atom. The second kappa shape index (κ2) is 8.04. The molecule has 0 aromatic rings. The second-order valence-electron chi connectivity index (χ2n) is 0.777. The number of halogens is 1. The van der Waals surface area contributed by atoms with Crippen molar-refractivity contribution in [2.24, 2.45) is 0 Å². The molecule has 2 nitrogen and oxygen atoms in total. The van der Waals surface area contributed by atoms with Gasteiger partial charge in [0, 0.05) is 32.7 Å². The van der Waals surface area contributed by atoms with Crippen molar-refractivity contribution in [2.45, 2.75) is 0 Å². The fourth-order valence-electron chi connectivity index (χ4n) is 0.103. The van der Waals surface area contributed by atoms with Gasteiger partial charge in [-0.3, -0.25) is 0 Å². The smallest absolute Gasteiger partial charge is 0.168 e. The maximum atomic E-state index is 10.1. The molecule has 0 atom stereocenters. The summed E-state index contributed by atoms with van der Waals surface area (Å²) in [5.41, 5.74) is 0. The fourth-order valence-corrected chi connectivity index (χ4v) is 0.358. The molecule has 0 aliphatic rings. The van der Waals surface area contributed by atoms with Gasteiger partial charge in [0.25, 0.3) is 0 Å². The molecule has 0 amide bonds. The number of rotatable bonds is 1. The van der Waals surface area contributed by atoms with E-state index >= 15 is 0 Å². The standard InChI is InChI=1S/C4H4IO2.Y/c1-7-4(6)2-3-5;/h2H,1H3;/q-1;. The molecular formula is C4H4IO2Y-. The molecule has 0 rings (SSSR count). The minimum absolute atomic E-state index is 0. The Hall–Kier alpha value is 1.04. The Morgan fingerprint density at radius 3 is 2.50 bits per heavy atom. The average Bonchev–Trinajstić information content (AvgIpc) is 1.68. The first-order chi connectivity index (χ1) is 3.31. The molecule has 0 aromatic carbocycles. The van der Waals surface area contributed by atoms with E-state index in [-0.39, 0.29) is 38.7 Å². The van der Waals surface area contributed by atoms with Crippen molar-refractivity contribution in [2.75, 3.05) is 7.11 Å². The number of hydrogen-bond acceptors (Lipinski definition) is 2. The Bertz CT molecular complexity index is 92.0. The van der Waals surface area contributed by atoms with Crippen LogP contribution in [0.4, 0.5) is 0 Å². The summed E-state index contributed by atoms with van der Waals surface area (Å²) in [6, 6.07) is 0. The van der Waals surface area contributed by atoms with Crippen LogP contribution >= 0.6 is 22.6 Å².